The largest absolute Gasteiger partial charge is 0.455 e. The minimum Gasteiger partial charge on any atom is -0.455 e. The van der Waals surface area contributed by atoms with Gasteiger partial charge in [0.15, 0.2) is 0 Å². The van der Waals surface area contributed by atoms with E-state index in [1.165, 1.54) is 33.4 Å². The SMILES string of the molecule is Cc1ccc2oc3c(-c4ccccc4C4=NC5c6ccccc6-c6ccccc6C5N=C4)cc(C)cc3c2c1. The number of rotatable bonds is 2. The van der Waals surface area contributed by atoms with Crippen LogP contribution in [0.25, 0.3) is 44.2 Å². The Morgan fingerprint density at radius 2 is 1.21 bits per heavy atom. The molecule has 0 saturated carbocycles. The zero-order valence-corrected chi connectivity index (χ0v) is 21.8. The molecule has 8 rings (SSSR count). The lowest BCUT2D eigenvalue weighted by molar-refractivity contribution is 0.570. The van der Waals surface area contributed by atoms with Gasteiger partial charge in [-0.05, 0) is 71.5 Å². The molecule has 0 radical (unpaired) electrons. The summed E-state index contributed by atoms with van der Waals surface area (Å²) < 4.78 is 6.49. The van der Waals surface area contributed by atoms with Crippen LogP contribution in [-0.2, 0) is 0 Å². The maximum Gasteiger partial charge on any atom is 0.143 e. The van der Waals surface area contributed by atoms with Crippen molar-refractivity contribution in [3.05, 3.63) is 131 Å². The van der Waals surface area contributed by atoms with Crippen molar-refractivity contribution >= 4 is 33.9 Å². The second-order valence-corrected chi connectivity index (χ2v) is 10.7. The van der Waals surface area contributed by atoms with Crippen LogP contribution in [0.5, 0.6) is 0 Å². The number of fused-ring (bicyclic) bond motifs is 9. The molecule has 0 spiro atoms. The third-order valence-corrected chi connectivity index (χ3v) is 8.15. The van der Waals surface area contributed by atoms with Gasteiger partial charge in [-0.2, -0.15) is 0 Å². The molecule has 0 amide bonds. The monoisotopic (exact) mass is 502 g/mol. The number of furan rings is 1. The average molecular weight is 503 g/mol. The first-order chi connectivity index (χ1) is 19.2. The minimum atomic E-state index is -0.0594. The molecule has 1 aliphatic carbocycles. The van der Waals surface area contributed by atoms with Crippen LogP contribution in [0.1, 0.15) is 39.9 Å². The van der Waals surface area contributed by atoms with Crippen LogP contribution in [-0.4, -0.2) is 11.9 Å². The maximum atomic E-state index is 6.49. The molecule has 6 aromatic rings. The van der Waals surface area contributed by atoms with E-state index < -0.39 is 0 Å². The molecule has 1 aromatic heterocycles. The lowest BCUT2D eigenvalue weighted by Crippen LogP contribution is -2.22. The number of hydrogen-bond donors (Lipinski definition) is 0. The molecule has 0 N–H and O–H groups in total. The summed E-state index contributed by atoms with van der Waals surface area (Å²) in [6, 6.07) is 36.5. The van der Waals surface area contributed by atoms with Gasteiger partial charge in [-0.3, -0.25) is 9.98 Å². The molecule has 2 heterocycles. The summed E-state index contributed by atoms with van der Waals surface area (Å²) >= 11 is 0. The third-order valence-electron chi connectivity index (χ3n) is 8.15. The van der Waals surface area contributed by atoms with E-state index >= 15 is 0 Å². The Balaban J connectivity index is 1.32. The van der Waals surface area contributed by atoms with E-state index in [2.05, 4.69) is 117 Å². The molecule has 186 valence electrons. The number of nitrogens with zero attached hydrogens (tertiary/aromatic N) is 2. The van der Waals surface area contributed by atoms with Crippen LogP contribution < -0.4 is 0 Å². The Morgan fingerprint density at radius 1 is 0.564 bits per heavy atom. The average Bonchev–Trinajstić information content (AvgIpc) is 3.34. The van der Waals surface area contributed by atoms with Crippen molar-refractivity contribution in [2.45, 2.75) is 25.9 Å². The number of hydrogen-bond acceptors (Lipinski definition) is 3. The van der Waals surface area contributed by atoms with Gasteiger partial charge in [0.1, 0.15) is 23.2 Å². The van der Waals surface area contributed by atoms with E-state index in [1.807, 2.05) is 6.21 Å². The van der Waals surface area contributed by atoms with Crippen LogP contribution in [0.2, 0.25) is 0 Å². The molecule has 2 unspecified atom stereocenters. The first kappa shape index (κ1) is 22.2. The van der Waals surface area contributed by atoms with E-state index in [4.69, 9.17) is 14.4 Å². The van der Waals surface area contributed by atoms with E-state index in [0.717, 1.165) is 44.3 Å². The van der Waals surface area contributed by atoms with E-state index in [0.29, 0.717) is 0 Å². The van der Waals surface area contributed by atoms with Gasteiger partial charge in [0.05, 0.1) is 5.71 Å². The molecule has 2 atom stereocenters. The van der Waals surface area contributed by atoms with Crippen molar-refractivity contribution in [2.24, 2.45) is 9.98 Å². The van der Waals surface area contributed by atoms with Gasteiger partial charge in [0, 0.05) is 28.1 Å². The molecular weight excluding hydrogens is 476 g/mol. The summed E-state index contributed by atoms with van der Waals surface area (Å²) in [5.41, 5.74) is 13.4. The summed E-state index contributed by atoms with van der Waals surface area (Å²) in [4.78, 5) is 10.5. The molecule has 0 bridgehead atoms. The fourth-order valence-electron chi connectivity index (χ4n) is 6.39. The Labute approximate surface area is 227 Å². The van der Waals surface area contributed by atoms with Crippen molar-refractivity contribution in [3.8, 4) is 22.3 Å². The predicted molar refractivity (Wildman–Crippen MR) is 161 cm³/mol. The summed E-state index contributed by atoms with van der Waals surface area (Å²) in [5.74, 6) is 0. The zero-order valence-electron chi connectivity index (χ0n) is 21.8. The van der Waals surface area contributed by atoms with Gasteiger partial charge in [-0.25, -0.2) is 0 Å². The van der Waals surface area contributed by atoms with Crippen LogP contribution in [0.3, 0.4) is 0 Å². The smallest absolute Gasteiger partial charge is 0.143 e. The van der Waals surface area contributed by atoms with Gasteiger partial charge in [0.2, 0.25) is 0 Å². The third kappa shape index (κ3) is 3.36. The molecule has 39 heavy (non-hydrogen) atoms. The lowest BCUT2D eigenvalue weighted by atomic mass is 9.79. The number of benzene rings is 5. The second-order valence-electron chi connectivity index (χ2n) is 10.7. The fraction of sp³-hybridized carbons (Fsp3) is 0.111. The first-order valence-electron chi connectivity index (χ1n) is 13.5. The van der Waals surface area contributed by atoms with Crippen LogP contribution in [0.4, 0.5) is 0 Å². The standard InChI is InChI=1S/C36H26N2O/c1-21-15-16-33-29(17-21)31-19-22(2)18-30(36(31)39-33)25-11-3-6-12-26(25)32-20-37-34-27-13-7-4-9-23(27)24-10-5-8-14-28(24)35(34)38-32/h3-20,34-35H,1-2H3. The van der Waals surface area contributed by atoms with Gasteiger partial charge >= 0.3 is 0 Å². The molecular formula is C36H26N2O. The molecule has 2 aliphatic rings. The number of aliphatic imine (C=N–C) groups is 2. The number of aryl methyl sites for hydroxylation is 2. The molecule has 5 aromatic carbocycles. The van der Waals surface area contributed by atoms with Crippen LogP contribution in [0.15, 0.2) is 118 Å². The quantitative estimate of drug-likeness (QED) is 0.232. The van der Waals surface area contributed by atoms with Crippen molar-refractivity contribution in [1.82, 2.24) is 0 Å². The van der Waals surface area contributed by atoms with Gasteiger partial charge in [-0.15, -0.1) is 0 Å². The maximum absolute atomic E-state index is 6.49. The Kier molecular flexibility index (Phi) is 4.78. The van der Waals surface area contributed by atoms with Gasteiger partial charge in [0.25, 0.3) is 0 Å². The Hall–Kier alpha value is -4.76. The highest BCUT2D eigenvalue weighted by Crippen LogP contribution is 2.49. The lowest BCUT2D eigenvalue weighted by Gasteiger charge is -2.33. The van der Waals surface area contributed by atoms with Crippen LogP contribution in [0, 0.1) is 13.8 Å². The summed E-state index contributed by atoms with van der Waals surface area (Å²) in [7, 11) is 0. The molecule has 1 aliphatic heterocycles. The normalized spacial score (nSPS) is 17.5. The molecule has 3 nitrogen and oxygen atoms in total. The van der Waals surface area contributed by atoms with Crippen LogP contribution >= 0.6 is 0 Å². The Bertz CT molecular complexity index is 2010. The van der Waals surface area contributed by atoms with Crippen molar-refractivity contribution in [3.63, 3.8) is 0 Å². The highest BCUT2D eigenvalue weighted by molar-refractivity contribution is 6.40. The predicted octanol–water partition coefficient (Wildman–Crippen LogP) is 9.21. The van der Waals surface area contributed by atoms with E-state index in [-0.39, 0.29) is 12.1 Å². The van der Waals surface area contributed by atoms with Gasteiger partial charge < -0.3 is 4.42 Å². The topological polar surface area (TPSA) is 37.9 Å². The highest BCUT2D eigenvalue weighted by Gasteiger charge is 2.35. The summed E-state index contributed by atoms with van der Waals surface area (Å²) in [5, 5.41) is 2.31. The highest BCUT2D eigenvalue weighted by atomic mass is 16.3. The van der Waals surface area contributed by atoms with Gasteiger partial charge in [-0.1, -0.05) is 84.4 Å². The summed E-state index contributed by atoms with van der Waals surface area (Å²) in [6.07, 6.45) is 1.97. The van der Waals surface area contributed by atoms with Crippen molar-refractivity contribution in [1.29, 1.82) is 0 Å². The van der Waals surface area contributed by atoms with Crippen molar-refractivity contribution in [2.75, 3.05) is 0 Å². The second kappa shape index (κ2) is 8.37. The Morgan fingerprint density at radius 3 is 1.97 bits per heavy atom. The molecule has 0 saturated heterocycles. The minimum absolute atomic E-state index is 0.0173. The fourth-order valence-corrected chi connectivity index (χ4v) is 6.39. The summed E-state index contributed by atoms with van der Waals surface area (Å²) in [6.45, 7) is 4.28. The van der Waals surface area contributed by atoms with E-state index in [1.54, 1.807) is 0 Å². The zero-order chi connectivity index (χ0) is 26.1. The van der Waals surface area contributed by atoms with Crippen molar-refractivity contribution < 1.29 is 4.42 Å². The molecule has 3 heteroatoms. The van der Waals surface area contributed by atoms with E-state index in [9.17, 15) is 0 Å². The molecule has 0 fully saturated rings. The first-order valence-corrected chi connectivity index (χ1v) is 13.5.